The molecule has 2 rings (SSSR count). The first-order valence-corrected chi connectivity index (χ1v) is 8.17. The first-order chi connectivity index (χ1) is 10.8. The van der Waals surface area contributed by atoms with Crippen molar-refractivity contribution in [3.63, 3.8) is 0 Å². The second-order valence-electron chi connectivity index (χ2n) is 5.27. The maximum absolute atomic E-state index is 12.4. The number of carbonyl (C=O) groups excluding carboxylic acids is 1. The van der Waals surface area contributed by atoms with Crippen LogP contribution in [0.2, 0.25) is 0 Å². The van der Waals surface area contributed by atoms with Crippen LogP contribution >= 0.6 is 34.8 Å². The number of amides is 1. The van der Waals surface area contributed by atoms with Crippen molar-refractivity contribution < 1.29 is 4.79 Å². The number of anilines is 1. The lowest BCUT2D eigenvalue weighted by Crippen LogP contribution is -2.49. The van der Waals surface area contributed by atoms with E-state index in [1.54, 1.807) is 12.1 Å². The van der Waals surface area contributed by atoms with Crippen molar-refractivity contribution in [1.82, 2.24) is 5.32 Å². The van der Waals surface area contributed by atoms with Gasteiger partial charge in [0, 0.05) is 11.3 Å². The maximum atomic E-state index is 12.4. The number of hydrogen-bond donors (Lipinski definition) is 2. The highest BCUT2D eigenvalue weighted by Crippen LogP contribution is 2.31. The molecule has 0 aliphatic heterocycles. The molecule has 0 spiro atoms. The third-order valence-electron chi connectivity index (χ3n) is 3.36. The van der Waals surface area contributed by atoms with Crippen LogP contribution in [0, 0.1) is 13.8 Å². The van der Waals surface area contributed by atoms with E-state index in [1.807, 2.05) is 50.2 Å². The normalized spacial score (nSPS) is 12.6. The molecule has 2 aromatic rings. The van der Waals surface area contributed by atoms with Gasteiger partial charge in [0.25, 0.3) is 5.91 Å². The van der Waals surface area contributed by atoms with Gasteiger partial charge in [0.2, 0.25) is 3.79 Å². The summed E-state index contributed by atoms with van der Waals surface area (Å²) in [4.78, 5) is 12.4. The number of benzene rings is 2. The first-order valence-electron chi connectivity index (χ1n) is 7.04. The molecule has 6 heteroatoms. The van der Waals surface area contributed by atoms with Gasteiger partial charge in [-0.2, -0.15) is 0 Å². The molecule has 0 saturated heterocycles. The van der Waals surface area contributed by atoms with Crippen molar-refractivity contribution in [2.45, 2.75) is 23.8 Å². The van der Waals surface area contributed by atoms with Crippen LogP contribution in [-0.2, 0) is 0 Å². The topological polar surface area (TPSA) is 41.1 Å². The smallest absolute Gasteiger partial charge is 0.252 e. The van der Waals surface area contributed by atoms with E-state index in [9.17, 15) is 4.79 Å². The Morgan fingerprint density at radius 2 is 1.61 bits per heavy atom. The lowest BCUT2D eigenvalue weighted by Gasteiger charge is -2.28. The minimum absolute atomic E-state index is 0.317. The monoisotopic (exact) mass is 370 g/mol. The Morgan fingerprint density at radius 3 is 2.17 bits per heavy atom. The molecule has 1 atom stereocenters. The van der Waals surface area contributed by atoms with Gasteiger partial charge in [0.05, 0.1) is 0 Å². The molecule has 23 heavy (non-hydrogen) atoms. The van der Waals surface area contributed by atoms with E-state index in [1.165, 1.54) is 0 Å². The molecule has 0 unspecified atom stereocenters. The van der Waals surface area contributed by atoms with Crippen LogP contribution in [0.15, 0.2) is 48.5 Å². The molecule has 0 aliphatic rings. The number of nitrogens with one attached hydrogen (secondary N) is 2. The van der Waals surface area contributed by atoms with Gasteiger partial charge >= 0.3 is 0 Å². The van der Waals surface area contributed by atoms with E-state index < -0.39 is 9.96 Å². The molecule has 0 saturated carbocycles. The molecule has 0 aromatic heterocycles. The van der Waals surface area contributed by atoms with Crippen molar-refractivity contribution in [3.05, 3.63) is 65.2 Å². The summed E-state index contributed by atoms with van der Waals surface area (Å²) in [5.41, 5.74) is 3.34. The fraction of sp³-hybridized carbons (Fsp3) is 0.235. The average Bonchev–Trinajstić information content (AvgIpc) is 2.48. The first kappa shape index (κ1) is 17.9. The Kier molecular flexibility index (Phi) is 5.79. The molecule has 122 valence electrons. The Balaban J connectivity index is 2.18. The molecule has 2 aromatic carbocycles. The third-order valence-corrected chi connectivity index (χ3v) is 4.02. The number of alkyl halides is 3. The van der Waals surface area contributed by atoms with Crippen LogP contribution in [0.25, 0.3) is 0 Å². The molecule has 2 N–H and O–H groups in total. The van der Waals surface area contributed by atoms with E-state index in [2.05, 4.69) is 10.6 Å². The largest absolute Gasteiger partial charge is 0.362 e. The minimum atomic E-state index is -1.71. The second-order valence-corrected chi connectivity index (χ2v) is 7.64. The van der Waals surface area contributed by atoms with Crippen molar-refractivity contribution in [2.75, 3.05) is 5.32 Å². The molecule has 3 nitrogen and oxygen atoms in total. The molecular formula is C17H17Cl3N2O. The summed E-state index contributed by atoms with van der Waals surface area (Å²) in [6.45, 7) is 3.88. The molecule has 0 aliphatic carbocycles. The van der Waals surface area contributed by atoms with E-state index in [4.69, 9.17) is 34.8 Å². The molecular weight excluding hydrogens is 355 g/mol. The molecule has 0 fully saturated rings. The van der Waals surface area contributed by atoms with Crippen LogP contribution in [-0.4, -0.2) is 15.9 Å². The Labute approximate surface area is 150 Å². The summed E-state index contributed by atoms with van der Waals surface area (Å²) in [6, 6.07) is 14.7. The van der Waals surface area contributed by atoms with Gasteiger partial charge in [0.1, 0.15) is 6.17 Å². The minimum Gasteiger partial charge on any atom is -0.362 e. The van der Waals surface area contributed by atoms with E-state index in [0.29, 0.717) is 5.56 Å². The summed E-state index contributed by atoms with van der Waals surface area (Å²) < 4.78 is -1.71. The van der Waals surface area contributed by atoms with Crippen LogP contribution in [0.1, 0.15) is 21.5 Å². The van der Waals surface area contributed by atoms with Gasteiger partial charge in [-0.25, -0.2) is 0 Å². The predicted molar refractivity (Wildman–Crippen MR) is 97.5 cm³/mol. The zero-order valence-electron chi connectivity index (χ0n) is 12.7. The zero-order chi connectivity index (χ0) is 17.0. The van der Waals surface area contributed by atoms with Crippen molar-refractivity contribution >= 4 is 46.4 Å². The number of para-hydroxylation sites is 1. The third kappa shape index (κ3) is 5.03. The fourth-order valence-corrected chi connectivity index (χ4v) is 2.34. The maximum Gasteiger partial charge on any atom is 0.252 e. The number of hydrogen-bond acceptors (Lipinski definition) is 2. The molecule has 1 amide bonds. The summed E-state index contributed by atoms with van der Waals surface area (Å²) in [7, 11) is 0. The summed E-state index contributed by atoms with van der Waals surface area (Å²) >= 11 is 18.0. The summed E-state index contributed by atoms with van der Waals surface area (Å²) in [5, 5.41) is 5.79. The van der Waals surface area contributed by atoms with Crippen LogP contribution < -0.4 is 10.6 Å². The Morgan fingerprint density at radius 1 is 1.00 bits per heavy atom. The number of halogens is 3. The van der Waals surface area contributed by atoms with Gasteiger partial charge in [-0.1, -0.05) is 70.7 Å². The summed E-state index contributed by atoms with van der Waals surface area (Å²) in [6.07, 6.45) is -0.873. The molecule has 0 bridgehead atoms. The standard InChI is InChI=1S/C17H17Cl3N2O/c1-11-7-9-13(10-8-11)15(23)22-16(17(18,19)20)21-14-6-4-3-5-12(14)2/h3-10,16,21H,1-2H3,(H,22,23)/t16-/m0/s1. The van der Waals surface area contributed by atoms with E-state index in [-0.39, 0.29) is 5.91 Å². The molecule has 0 radical (unpaired) electrons. The second kappa shape index (κ2) is 7.43. The van der Waals surface area contributed by atoms with E-state index >= 15 is 0 Å². The zero-order valence-corrected chi connectivity index (χ0v) is 15.0. The van der Waals surface area contributed by atoms with Gasteiger partial charge in [-0.15, -0.1) is 0 Å². The van der Waals surface area contributed by atoms with Crippen LogP contribution in [0.5, 0.6) is 0 Å². The highest BCUT2D eigenvalue weighted by molar-refractivity contribution is 6.68. The quantitative estimate of drug-likeness (QED) is 0.596. The highest BCUT2D eigenvalue weighted by Gasteiger charge is 2.34. The van der Waals surface area contributed by atoms with Gasteiger partial charge < -0.3 is 10.6 Å². The average molecular weight is 372 g/mol. The number of rotatable bonds is 4. The van der Waals surface area contributed by atoms with Crippen molar-refractivity contribution in [2.24, 2.45) is 0 Å². The SMILES string of the molecule is Cc1ccc(C(=O)N[C@H](Nc2ccccc2C)C(Cl)(Cl)Cl)cc1. The van der Waals surface area contributed by atoms with Crippen molar-refractivity contribution in [1.29, 1.82) is 0 Å². The highest BCUT2D eigenvalue weighted by atomic mass is 35.6. The Bertz CT molecular complexity index is 681. The van der Waals surface area contributed by atoms with Gasteiger partial charge in [-0.3, -0.25) is 4.79 Å². The van der Waals surface area contributed by atoms with Gasteiger partial charge in [-0.05, 0) is 37.6 Å². The van der Waals surface area contributed by atoms with E-state index in [0.717, 1.165) is 16.8 Å². The molecule has 0 heterocycles. The van der Waals surface area contributed by atoms with Crippen molar-refractivity contribution in [3.8, 4) is 0 Å². The Hall–Kier alpha value is -1.42. The number of carbonyl (C=O) groups is 1. The van der Waals surface area contributed by atoms with Gasteiger partial charge in [0.15, 0.2) is 0 Å². The lowest BCUT2D eigenvalue weighted by atomic mass is 10.1. The lowest BCUT2D eigenvalue weighted by molar-refractivity contribution is 0.0942. The van der Waals surface area contributed by atoms with Crippen LogP contribution in [0.4, 0.5) is 5.69 Å². The predicted octanol–water partition coefficient (Wildman–Crippen LogP) is 4.84. The van der Waals surface area contributed by atoms with Crippen LogP contribution in [0.3, 0.4) is 0 Å². The number of aryl methyl sites for hydroxylation is 2. The fourth-order valence-electron chi connectivity index (χ4n) is 2.01. The summed E-state index contributed by atoms with van der Waals surface area (Å²) in [5.74, 6) is -0.317.